The van der Waals surface area contributed by atoms with E-state index in [4.69, 9.17) is 10.5 Å². The molecule has 0 aromatic heterocycles. The first kappa shape index (κ1) is 13.5. The van der Waals surface area contributed by atoms with Crippen LogP contribution in [0.15, 0.2) is 24.3 Å². The molecule has 0 aliphatic carbocycles. The van der Waals surface area contributed by atoms with Gasteiger partial charge in [-0.25, -0.2) is 0 Å². The van der Waals surface area contributed by atoms with Crippen molar-refractivity contribution in [3.05, 3.63) is 24.3 Å². The van der Waals surface area contributed by atoms with Gasteiger partial charge in [-0.15, -0.1) is 0 Å². The molecule has 1 aromatic carbocycles. The Morgan fingerprint density at radius 3 is 2.59 bits per heavy atom. The van der Waals surface area contributed by atoms with Crippen LogP contribution in [0.3, 0.4) is 0 Å². The predicted octanol–water partition coefficient (Wildman–Crippen LogP) is 1.64. The average molecular weight is 236 g/mol. The maximum atomic E-state index is 12.1. The number of benzene rings is 1. The van der Waals surface area contributed by atoms with Gasteiger partial charge in [-0.1, -0.05) is 13.0 Å². The Bertz CT molecular complexity index is 391. The summed E-state index contributed by atoms with van der Waals surface area (Å²) in [5.74, 6) is 0.537. The SMILES string of the molecule is COc1cccc(N(C)C(=O)C(C)C(C)N)c1. The van der Waals surface area contributed by atoms with Crippen molar-refractivity contribution in [1.82, 2.24) is 0 Å². The number of rotatable bonds is 4. The van der Waals surface area contributed by atoms with Crippen LogP contribution < -0.4 is 15.4 Å². The molecule has 0 saturated carbocycles. The van der Waals surface area contributed by atoms with Gasteiger partial charge in [0.15, 0.2) is 0 Å². The molecule has 2 unspecified atom stereocenters. The molecule has 2 N–H and O–H groups in total. The highest BCUT2D eigenvalue weighted by Crippen LogP contribution is 2.21. The summed E-state index contributed by atoms with van der Waals surface area (Å²) >= 11 is 0. The van der Waals surface area contributed by atoms with E-state index >= 15 is 0 Å². The van der Waals surface area contributed by atoms with Crippen molar-refractivity contribution in [2.24, 2.45) is 11.7 Å². The van der Waals surface area contributed by atoms with Gasteiger partial charge < -0.3 is 15.4 Å². The smallest absolute Gasteiger partial charge is 0.231 e. The molecular weight excluding hydrogens is 216 g/mol. The molecule has 1 aromatic rings. The standard InChI is InChI=1S/C13H20N2O2/c1-9(10(2)14)13(16)15(3)11-6-5-7-12(8-11)17-4/h5-10H,14H2,1-4H3. The van der Waals surface area contributed by atoms with Crippen LogP contribution in [0.5, 0.6) is 5.75 Å². The molecule has 1 amide bonds. The van der Waals surface area contributed by atoms with E-state index in [0.29, 0.717) is 0 Å². The highest BCUT2D eigenvalue weighted by molar-refractivity contribution is 5.94. The van der Waals surface area contributed by atoms with Crippen molar-refractivity contribution in [3.8, 4) is 5.75 Å². The van der Waals surface area contributed by atoms with Crippen LogP contribution >= 0.6 is 0 Å². The van der Waals surface area contributed by atoms with Crippen molar-refractivity contribution in [2.75, 3.05) is 19.1 Å². The molecule has 0 bridgehead atoms. The number of carbonyl (C=O) groups excluding carboxylic acids is 1. The largest absolute Gasteiger partial charge is 0.497 e. The Hall–Kier alpha value is -1.55. The lowest BCUT2D eigenvalue weighted by molar-refractivity contribution is -0.122. The fraction of sp³-hybridized carbons (Fsp3) is 0.462. The summed E-state index contributed by atoms with van der Waals surface area (Å²) in [7, 11) is 3.35. The minimum Gasteiger partial charge on any atom is -0.497 e. The Morgan fingerprint density at radius 2 is 2.06 bits per heavy atom. The zero-order valence-electron chi connectivity index (χ0n) is 10.8. The molecule has 2 atom stereocenters. The van der Waals surface area contributed by atoms with Crippen molar-refractivity contribution in [1.29, 1.82) is 0 Å². The number of hydrogen-bond donors (Lipinski definition) is 1. The Balaban J connectivity index is 2.88. The van der Waals surface area contributed by atoms with Crippen molar-refractivity contribution in [2.45, 2.75) is 19.9 Å². The third kappa shape index (κ3) is 3.20. The van der Waals surface area contributed by atoms with Gasteiger partial charge in [-0.05, 0) is 19.1 Å². The maximum absolute atomic E-state index is 12.1. The van der Waals surface area contributed by atoms with Gasteiger partial charge in [0.05, 0.1) is 13.0 Å². The fourth-order valence-corrected chi connectivity index (χ4v) is 1.48. The van der Waals surface area contributed by atoms with Gasteiger partial charge in [-0.3, -0.25) is 4.79 Å². The first-order chi connectivity index (χ1) is 7.97. The number of nitrogens with zero attached hydrogens (tertiary/aromatic N) is 1. The van der Waals surface area contributed by atoms with E-state index in [2.05, 4.69) is 0 Å². The summed E-state index contributed by atoms with van der Waals surface area (Å²) in [4.78, 5) is 13.7. The van der Waals surface area contributed by atoms with Crippen LogP contribution in [0.2, 0.25) is 0 Å². The summed E-state index contributed by atoms with van der Waals surface area (Å²) in [5.41, 5.74) is 6.54. The number of carbonyl (C=O) groups is 1. The van der Waals surface area contributed by atoms with Gasteiger partial charge in [0.2, 0.25) is 5.91 Å². The normalized spacial score (nSPS) is 13.9. The summed E-state index contributed by atoms with van der Waals surface area (Å²) < 4.78 is 5.13. The van der Waals surface area contributed by atoms with Crippen molar-refractivity contribution < 1.29 is 9.53 Å². The summed E-state index contributed by atoms with van der Waals surface area (Å²) in [6.45, 7) is 3.67. The molecule has 17 heavy (non-hydrogen) atoms. The summed E-state index contributed by atoms with van der Waals surface area (Å²) in [5, 5.41) is 0. The molecule has 0 fully saturated rings. The minimum absolute atomic E-state index is 0.00764. The van der Waals surface area contributed by atoms with Gasteiger partial charge in [0.25, 0.3) is 0 Å². The minimum atomic E-state index is -0.203. The van der Waals surface area contributed by atoms with Gasteiger partial charge >= 0.3 is 0 Å². The lowest BCUT2D eigenvalue weighted by Crippen LogP contribution is -2.39. The third-order valence-electron chi connectivity index (χ3n) is 2.95. The Kier molecular flexibility index (Phi) is 4.52. The topological polar surface area (TPSA) is 55.6 Å². The van der Waals surface area contributed by atoms with E-state index in [-0.39, 0.29) is 17.9 Å². The van der Waals surface area contributed by atoms with Gasteiger partial charge in [0.1, 0.15) is 5.75 Å². The van der Waals surface area contributed by atoms with Crippen LogP contribution in [0.1, 0.15) is 13.8 Å². The van der Waals surface area contributed by atoms with E-state index in [1.165, 1.54) is 0 Å². The second-order valence-corrected chi connectivity index (χ2v) is 4.25. The lowest BCUT2D eigenvalue weighted by atomic mass is 10.0. The third-order valence-corrected chi connectivity index (χ3v) is 2.95. The number of hydrogen-bond acceptors (Lipinski definition) is 3. The van der Waals surface area contributed by atoms with E-state index in [9.17, 15) is 4.79 Å². The molecule has 0 aliphatic heterocycles. The molecule has 0 aliphatic rings. The van der Waals surface area contributed by atoms with Crippen molar-refractivity contribution in [3.63, 3.8) is 0 Å². The van der Waals surface area contributed by atoms with E-state index in [1.54, 1.807) is 19.1 Å². The van der Waals surface area contributed by atoms with E-state index < -0.39 is 0 Å². The second-order valence-electron chi connectivity index (χ2n) is 4.25. The van der Waals surface area contributed by atoms with Gasteiger partial charge in [-0.2, -0.15) is 0 Å². The zero-order valence-corrected chi connectivity index (χ0v) is 10.8. The van der Waals surface area contributed by atoms with E-state index in [0.717, 1.165) is 11.4 Å². The van der Waals surface area contributed by atoms with Crippen LogP contribution in [0.25, 0.3) is 0 Å². The molecule has 1 rings (SSSR count). The second kappa shape index (κ2) is 5.68. The fourth-order valence-electron chi connectivity index (χ4n) is 1.48. The number of nitrogens with two attached hydrogens (primary N) is 1. The summed E-state index contributed by atoms with van der Waals surface area (Å²) in [6, 6.07) is 7.24. The van der Waals surface area contributed by atoms with Crippen LogP contribution in [0, 0.1) is 5.92 Å². The van der Waals surface area contributed by atoms with Crippen LogP contribution in [-0.2, 0) is 4.79 Å². The van der Waals surface area contributed by atoms with Crippen molar-refractivity contribution >= 4 is 11.6 Å². The highest BCUT2D eigenvalue weighted by atomic mass is 16.5. The average Bonchev–Trinajstić information content (AvgIpc) is 2.36. The summed E-state index contributed by atoms with van der Waals surface area (Å²) in [6.07, 6.45) is 0. The maximum Gasteiger partial charge on any atom is 0.231 e. The molecule has 0 heterocycles. The first-order valence-corrected chi connectivity index (χ1v) is 5.64. The van der Waals surface area contributed by atoms with Gasteiger partial charge in [0, 0.05) is 24.8 Å². The first-order valence-electron chi connectivity index (χ1n) is 5.64. The lowest BCUT2D eigenvalue weighted by Gasteiger charge is -2.23. The number of ether oxygens (including phenoxy) is 1. The molecule has 94 valence electrons. The Labute approximate surface area is 102 Å². The molecule has 0 saturated heterocycles. The molecular formula is C13H20N2O2. The monoisotopic (exact) mass is 236 g/mol. The molecule has 0 spiro atoms. The Morgan fingerprint density at radius 1 is 1.41 bits per heavy atom. The molecule has 4 heteroatoms. The quantitative estimate of drug-likeness (QED) is 0.864. The predicted molar refractivity (Wildman–Crippen MR) is 69.2 cm³/mol. The van der Waals surface area contributed by atoms with Crippen LogP contribution in [-0.4, -0.2) is 26.1 Å². The number of anilines is 1. The van der Waals surface area contributed by atoms with E-state index in [1.807, 2.05) is 38.1 Å². The molecule has 0 radical (unpaired) electrons. The number of methoxy groups -OCH3 is 1. The number of amides is 1. The molecule has 4 nitrogen and oxygen atoms in total. The zero-order chi connectivity index (χ0) is 13.0. The van der Waals surface area contributed by atoms with Crippen LogP contribution in [0.4, 0.5) is 5.69 Å². The highest BCUT2D eigenvalue weighted by Gasteiger charge is 2.21.